The fourth-order valence-corrected chi connectivity index (χ4v) is 3.57. The van der Waals surface area contributed by atoms with Gasteiger partial charge in [0.05, 0.1) is 0 Å². The van der Waals surface area contributed by atoms with Crippen LogP contribution in [0.1, 0.15) is 11.1 Å². The maximum Gasteiger partial charge on any atom is 0.209 e. The number of hydrogen-bond donors (Lipinski definition) is 2. The zero-order valence-electron chi connectivity index (χ0n) is 14.4. The van der Waals surface area contributed by atoms with Gasteiger partial charge in [0.2, 0.25) is 10.3 Å². The summed E-state index contributed by atoms with van der Waals surface area (Å²) in [5, 5.41) is 23.7. The number of hydrogen-bond acceptors (Lipinski definition) is 8. The Hall–Kier alpha value is -3.36. The lowest BCUT2D eigenvalue weighted by Crippen LogP contribution is -1.80. The van der Waals surface area contributed by atoms with Crippen LogP contribution in [0.4, 0.5) is 10.3 Å². The molecular weight excluding hydrogens is 392 g/mol. The molecule has 2 heterocycles. The Morgan fingerprint density at radius 3 is 1.43 bits per heavy atom. The third-order valence-electron chi connectivity index (χ3n) is 3.68. The van der Waals surface area contributed by atoms with Gasteiger partial charge in [-0.05, 0) is 59.7 Å². The molecule has 0 aliphatic carbocycles. The zero-order chi connectivity index (χ0) is 19.3. The van der Waals surface area contributed by atoms with E-state index in [-0.39, 0.29) is 11.5 Å². The summed E-state index contributed by atoms with van der Waals surface area (Å²) in [6.07, 6.45) is 3.41. The summed E-state index contributed by atoms with van der Waals surface area (Å²) >= 11 is 2.86. The molecule has 0 fully saturated rings. The van der Waals surface area contributed by atoms with E-state index >= 15 is 0 Å². The van der Waals surface area contributed by atoms with Crippen LogP contribution in [0.3, 0.4) is 0 Å². The second-order valence-corrected chi connectivity index (χ2v) is 7.40. The molecule has 0 saturated carbocycles. The van der Waals surface area contributed by atoms with Gasteiger partial charge in [-0.1, -0.05) is 0 Å². The van der Waals surface area contributed by atoms with Crippen LogP contribution in [0, 0.1) is 0 Å². The molecule has 0 spiro atoms. The van der Waals surface area contributed by atoms with E-state index in [1.165, 1.54) is 22.7 Å². The van der Waals surface area contributed by atoms with Gasteiger partial charge in [0.25, 0.3) is 0 Å². The summed E-state index contributed by atoms with van der Waals surface area (Å²) < 4.78 is 0. The third-order valence-corrected chi connectivity index (χ3v) is 5.18. The summed E-state index contributed by atoms with van der Waals surface area (Å²) in [5.41, 5.74) is 3.28. The largest absolute Gasteiger partial charge is 0.508 e. The van der Waals surface area contributed by atoms with Crippen molar-refractivity contribution in [2.75, 3.05) is 0 Å². The predicted octanol–water partition coefficient (Wildman–Crippen LogP) is 5.18. The van der Waals surface area contributed by atoms with Crippen LogP contribution in [-0.2, 0) is 0 Å². The molecule has 4 rings (SSSR count). The Kier molecular flexibility index (Phi) is 5.22. The lowest BCUT2D eigenvalue weighted by atomic mass is 10.2. The van der Waals surface area contributed by atoms with Gasteiger partial charge in [-0.25, -0.2) is 20.0 Å². The van der Waals surface area contributed by atoms with Gasteiger partial charge >= 0.3 is 0 Å². The molecule has 28 heavy (non-hydrogen) atoms. The summed E-state index contributed by atoms with van der Waals surface area (Å²) in [7, 11) is 0. The molecule has 0 radical (unpaired) electrons. The number of phenolic OH excluding ortho intramolecular Hbond substituents is 2. The average molecular weight is 406 g/mol. The highest BCUT2D eigenvalue weighted by atomic mass is 32.1. The molecular formula is C20H14N4O2S2. The second kappa shape index (κ2) is 8.12. The first-order chi connectivity index (χ1) is 13.7. The van der Waals surface area contributed by atoms with E-state index in [9.17, 15) is 10.2 Å². The lowest BCUT2D eigenvalue weighted by Gasteiger charge is -1.92. The second-order valence-electron chi connectivity index (χ2n) is 5.73. The van der Waals surface area contributed by atoms with Crippen molar-refractivity contribution in [3.63, 3.8) is 0 Å². The van der Waals surface area contributed by atoms with Crippen molar-refractivity contribution in [2.45, 2.75) is 0 Å². The normalized spacial score (nSPS) is 11.6. The highest BCUT2D eigenvalue weighted by Gasteiger charge is 2.08. The van der Waals surface area contributed by atoms with Crippen LogP contribution in [0.5, 0.6) is 11.5 Å². The van der Waals surface area contributed by atoms with Crippen molar-refractivity contribution in [1.29, 1.82) is 0 Å². The Morgan fingerprint density at radius 2 is 1.04 bits per heavy atom. The van der Waals surface area contributed by atoms with Crippen LogP contribution >= 0.6 is 22.7 Å². The van der Waals surface area contributed by atoms with E-state index in [4.69, 9.17) is 0 Å². The Morgan fingerprint density at radius 1 is 0.643 bits per heavy atom. The molecule has 2 aromatic carbocycles. The molecule has 2 aromatic heterocycles. The molecule has 0 atom stereocenters. The fraction of sp³-hybridized carbons (Fsp3) is 0. The van der Waals surface area contributed by atoms with Crippen LogP contribution in [0.2, 0.25) is 0 Å². The smallest absolute Gasteiger partial charge is 0.209 e. The minimum absolute atomic E-state index is 0.223. The number of benzene rings is 2. The first-order valence-corrected chi connectivity index (χ1v) is 9.99. The first kappa shape index (κ1) is 18.0. The molecule has 0 aliphatic heterocycles. The van der Waals surface area contributed by atoms with Crippen molar-refractivity contribution in [3.05, 3.63) is 70.4 Å². The van der Waals surface area contributed by atoms with E-state index in [1.54, 1.807) is 61.0 Å². The highest BCUT2D eigenvalue weighted by Crippen LogP contribution is 2.30. The van der Waals surface area contributed by atoms with E-state index in [0.717, 1.165) is 22.5 Å². The van der Waals surface area contributed by atoms with Gasteiger partial charge in [-0.3, -0.25) is 0 Å². The summed E-state index contributed by atoms with van der Waals surface area (Å²) in [5.74, 6) is 0.446. The third kappa shape index (κ3) is 4.48. The van der Waals surface area contributed by atoms with E-state index in [0.29, 0.717) is 10.3 Å². The molecule has 0 saturated heterocycles. The number of aromatic hydroxyl groups is 2. The predicted molar refractivity (Wildman–Crippen MR) is 114 cm³/mol. The maximum absolute atomic E-state index is 9.31. The number of aliphatic imine (C=N–C) groups is 2. The standard InChI is InChI=1S/C20H14N4O2S2/c25-15-5-1-13(2-6-15)9-21-19-23-17(11-27-19)18-12-28-20(24-18)22-10-14-3-7-16(26)8-4-14/h1-12,25-26H/b21-9+,22-10+. The molecule has 0 unspecified atom stereocenters. The quantitative estimate of drug-likeness (QED) is 0.447. The Labute approximate surface area is 168 Å². The van der Waals surface area contributed by atoms with Gasteiger partial charge in [-0.15, -0.1) is 22.7 Å². The topological polar surface area (TPSA) is 91.0 Å². The molecule has 0 bridgehead atoms. The molecule has 6 nitrogen and oxygen atoms in total. The number of nitrogens with zero attached hydrogens (tertiary/aromatic N) is 4. The minimum atomic E-state index is 0.223. The van der Waals surface area contributed by atoms with Crippen molar-refractivity contribution in [3.8, 4) is 22.9 Å². The Balaban J connectivity index is 1.45. The number of thiazole rings is 2. The lowest BCUT2D eigenvalue weighted by molar-refractivity contribution is 0.475. The van der Waals surface area contributed by atoms with Crippen LogP contribution in [0.15, 0.2) is 69.3 Å². The molecule has 138 valence electrons. The van der Waals surface area contributed by atoms with Crippen molar-refractivity contribution in [1.82, 2.24) is 9.97 Å². The van der Waals surface area contributed by atoms with Crippen molar-refractivity contribution >= 4 is 45.4 Å². The fourth-order valence-electron chi connectivity index (χ4n) is 2.26. The summed E-state index contributed by atoms with van der Waals surface area (Å²) in [6, 6.07) is 13.6. The highest BCUT2D eigenvalue weighted by molar-refractivity contribution is 7.14. The minimum Gasteiger partial charge on any atom is -0.508 e. The van der Waals surface area contributed by atoms with E-state index in [2.05, 4.69) is 20.0 Å². The molecule has 2 N–H and O–H groups in total. The van der Waals surface area contributed by atoms with Gasteiger partial charge in [0.1, 0.15) is 22.9 Å². The molecule has 0 aliphatic rings. The first-order valence-electron chi connectivity index (χ1n) is 8.23. The summed E-state index contributed by atoms with van der Waals surface area (Å²) in [4.78, 5) is 17.7. The van der Waals surface area contributed by atoms with Gasteiger partial charge in [0, 0.05) is 23.2 Å². The monoisotopic (exact) mass is 406 g/mol. The molecule has 0 amide bonds. The SMILES string of the molecule is Oc1ccc(/C=N/c2nc(-c3csc(/N=C/c4ccc(O)cc4)n3)cs2)cc1. The van der Waals surface area contributed by atoms with Crippen LogP contribution in [0.25, 0.3) is 11.4 Å². The maximum atomic E-state index is 9.31. The van der Waals surface area contributed by atoms with Gasteiger partial charge in [-0.2, -0.15) is 0 Å². The average Bonchev–Trinajstić information content (AvgIpc) is 3.36. The Bertz CT molecular complexity index is 1040. The molecule has 4 aromatic rings. The van der Waals surface area contributed by atoms with E-state index in [1.807, 2.05) is 10.8 Å². The van der Waals surface area contributed by atoms with Crippen molar-refractivity contribution in [2.24, 2.45) is 9.98 Å². The van der Waals surface area contributed by atoms with Gasteiger partial charge in [0.15, 0.2) is 0 Å². The summed E-state index contributed by atoms with van der Waals surface area (Å²) in [6.45, 7) is 0. The number of phenols is 2. The van der Waals surface area contributed by atoms with Gasteiger partial charge < -0.3 is 10.2 Å². The zero-order valence-corrected chi connectivity index (χ0v) is 16.1. The number of rotatable bonds is 5. The van der Waals surface area contributed by atoms with Crippen LogP contribution < -0.4 is 0 Å². The van der Waals surface area contributed by atoms with Crippen molar-refractivity contribution < 1.29 is 10.2 Å². The molecule has 8 heteroatoms. The van der Waals surface area contributed by atoms with E-state index < -0.39 is 0 Å². The number of aromatic nitrogens is 2. The van der Waals surface area contributed by atoms with Crippen LogP contribution in [-0.4, -0.2) is 32.6 Å².